The van der Waals surface area contributed by atoms with Crippen LogP contribution in [0.2, 0.25) is 0 Å². The summed E-state index contributed by atoms with van der Waals surface area (Å²) < 4.78 is 11.1. The van der Waals surface area contributed by atoms with E-state index in [-0.39, 0.29) is 0 Å². The fourth-order valence-electron chi connectivity index (χ4n) is 1.28. The number of nitrogens with zero attached hydrogens (tertiary/aromatic N) is 1. The fourth-order valence-corrected chi connectivity index (χ4v) is 1.28. The van der Waals surface area contributed by atoms with Gasteiger partial charge in [-0.05, 0) is 43.2 Å². The van der Waals surface area contributed by atoms with Crippen LogP contribution in [0.25, 0.3) is 0 Å². The monoisotopic (exact) mass is 234 g/mol. The minimum absolute atomic E-state index is 0.477. The average molecular weight is 234 g/mol. The third kappa shape index (κ3) is 4.18. The molecule has 0 fully saturated rings. The van der Waals surface area contributed by atoms with Crippen molar-refractivity contribution in [2.75, 3.05) is 13.2 Å². The van der Waals surface area contributed by atoms with Crippen LogP contribution in [-0.2, 0) is 0 Å². The van der Waals surface area contributed by atoms with Crippen LogP contribution < -0.4 is 15.3 Å². The Bertz CT molecular complexity index is 414. The van der Waals surface area contributed by atoms with Crippen molar-refractivity contribution in [2.24, 2.45) is 10.9 Å². The summed E-state index contributed by atoms with van der Waals surface area (Å²) in [5, 5.41) is 3.48. The quantitative estimate of drug-likeness (QED) is 0.356. The van der Waals surface area contributed by atoms with Gasteiger partial charge in [-0.1, -0.05) is 6.58 Å². The van der Waals surface area contributed by atoms with Gasteiger partial charge >= 0.3 is 0 Å². The summed E-state index contributed by atoms with van der Waals surface area (Å²) in [6.07, 6.45) is 1.56. The number of hydrazone groups is 1. The summed E-state index contributed by atoms with van der Waals surface area (Å²) in [5.41, 5.74) is 1.83. The summed E-state index contributed by atoms with van der Waals surface area (Å²) in [6.45, 7) is 8.68. The molecule has 0 spiro atoms. The van der Waals surface area contributed by atoms with Crippen molar-refractivity contribution in [3.63, 3.8) is 0 Å². The van der Waals surface area contributed by atoms with Crippen molar-refractivity contribution >= 4 is 6.21 Å². The topological polar surface area (TPSA) is 56.8 Å². The Labute approximate surface area is 102 Å². The molecule has 0 aliphatic rings. The van der Waals surface area contributed by atoms with Crippen molar-refractivity contribution in [3.05, 3.63) is 35.9 Å². The molecule has 0 atom stereocenters. The Morgan fingerprint density at radius 1 is 1.41 bits per heavy atom. The number of nitrogens with two attached hydrogens (primary N) is 1. The van der Waals surface area contributed by atoms with Crippen LogP contribution in [0.3, 0.4) is 0 Å². The first-order chi connectivity index (χ1) is 8.17. The molecule has 0 saturated heterocycles. The molecule has 0 aromatic heterocycles. The largest absolute Gasteiger partial charge is 0.490 e. The molecule has 0 unspecified atom stereocenters. The minimum atomic E-state index is 0.477. The second kappa shape index (κ2) is 6.58. The normalized spacial score (nSPS) is 10.5. The number of benzene rings is 1. The zero-order valence-electron chi connectivity index (χ0n) is 10.3. The lowest BCUT2D eigenvalue weighted by molar-refractivity contribution is 0.293. The van der Waals surface area contributed by atoms with E-state index in [4.69, 9.17) is 15.3 Å². The molecule has 4 heteroatoms. The molecular formula is C13H18N2O2. The van der Waals surface area contributed by atoms with E-state index in [1.54, 1.807) is 6.21 Å². The van der Waals surface area contributed by atoms with E-state index >= 15 is 0 Å². The molecular weight excluding hydrogens is 216 g/mol. The third-order valence-electron chi connectivity index (χ3n) is 1.97. The standard InChI is InChI=1S/C13H18N2O2/c1-4-16-13-7-11(8-15-14)5-6-12(13)17-9-10(2)3/h5-8H,2,4,9,14H2,1,3H3. The third-order valence-corrected chi connectivity index (χ3v) is 1.97. The predicted molar refractivity (Wildman–Crippen MR) is 69.7 cm³/mol. The van der Waals surface area contributed by atoms with Crippen LogP contribution in [0.15, 0.2) is 35.5 Å². The molecule has 0 radical (unpaired) electrons. The van der Waals surface area contributed by atoms with Crippen molar-refractivity contribution in [2.45, 2.75) is 13.8 Å². The lowest BCUT2D eigenvalue weighted by Crippen LogP contribution is -2.02. The highest BCUT2D eigenvalue weighted by Gasteiger charge is 2.05. The Kier molecular flexibility index (Phi) is 5.07. The van der Waals surface area contributed by atoms with Crippen LogP contribution in [-0.4, -0.2) is 19.4 Å². The summed E-state index contributed by atoms with van der Waals surface area (Å²) in [6, 6.07) is 5.55. The maximum atomic E-state index is 5.58. The van der Waals surface area contributed by atoms with Gasteiger partial charge in [0.05, 0.1) is 12.8 Å². The van der Waals surface area contributed by atoms with Crippen LogP contribution >= 0.6 is 0 Å². The Balaban J connectivity index is 2.90. The first kappa shape index (κ1) is 13.1. The summed E-state index contributed by atoms with van der Waals surface area (Å²) >= 11 is 0. The average Bonchev–Trinajstić information content (AvgIpc) is 2.28. The first-order valence-electron chi connectivity index (χ1n) is 5.44. The SMILES string of the molecule is C=C(C)COc1ccc(C=NN)cc1OCC. The van der Waals surface area contributed by atoms with E-state index in [1.807, 2.05) is 32.0 Å². The lowest BCUT2D eigenvalue weighted by Gasteiger charge is -2.12. The number of hydrogen-bond acceptors (Lipinski definition) is 4. The molecule has 0 amide bonds. The summed E-state index contributed by atoms with van der Waals surface area (Å²) in [7, 11) is 0. The van der Waals surface area contributed by atoms with E-state index in [0.717, 1.165) is 11.1 Å². The van der Waals surface area contributed by atoms with Gasteiger partial charge in [-0.15, -0.1) is 0 Å². The van der Waals surface area contributed by atoms with Crippen molar-refractivity contribution < 1.29 is 9.47 Å². The number of hydrogen-bond donors (Lipinski definition) is 1. The van der Waals surface area contributed by atoms with Gasteiger partial charge in [0.15, 0.2) is 11.5 Å². The maximum absolute atomic E-state index is 5.58. The summed E-state index contributed by atoms with van der Waals surface area (Å²) in [4.78, 5) is 0. The van der Waals surface area contributed by atoms with Gasteiger partial charge in [0.25, 0.3) is 0 Å². The van der Waals surface area contributed by atoms with Crippen molar-refractivity contribution in [3.8, 4) is 11.5 Å². The molecule has 17 heavy (non-hydrogen) atoms. The van der Waals surface area contributed by atoms with Gasteiger partial charge in [-0.3, -0.25) is 0 Å². The highest BCUT2D eigenvalue weighted by Crippen LogP contribution is 2.28. The van der Waals surface area contributed by atoms with Crippen molar-refractivity contribution in [1.82, 2.24) is 0 Å². The zero-order chi connectivity index (χ0) is 12.7. The van der Waals surface area contributed by atoms with Gasteiger partial charge < -0.3 is 15.3 Å². The highest BCUT2D eigenvalue weighted by molar-refractivity contribution is 5.80. The highest BCUT2D eigenvalue weighted by atomic mass is 16.5. The number of rotatable bonds is 6. The van der Waals surface area contributed by atoms with Gasteiger partial charge in [0.1, 0.15) is 6.61 Å². The molecule has 0 saturated carbocycles. The molecule has 2 N–H and O–H groups in total. The Morgan fingerprint density at radius 2 is 2.18 bits per heavy atom. The van der Waals surface area contributed by atoms with Crippen LogP contribution in [0.5, 0.6) is 11.5 Å². The molecule has 1 aromatic carbocycles. The molecule has 0 aliphatic carbocycles. The van der Waals surface area contributed by atoms with Gasteiger partial charge in [-0.25, -0.2) is 0 Å². The van der Waals surface area contributed by atoms with Gasteiger partial charge in [-0.2, -0.15) is 5.10 Å². The Morgan fingerprint density at radius 3 is 2.76 bits per heavy atom. The number of ether oxygens (including phenoxy) is 2. The van der Waals surface area contributed by atoms with E-state index in [1.165, 1.54) is 0 Å². The van der Waals surface area contributed by atoms with Crippen LogP contribution in [0.1, 0.15) is 19.4 Å². The van der Waals surface area contributed by atoms with Gasteiger partial charge in [0, 0.05) is 0 Å². The maximum Gasteiger partial charge on any atom is 0.161 e. The van der Waals surface area contributed by atoms with E-state index < -0.39 is 0 Å². The van der Waals surface area contributed by atoms with E-state index in [0.29, 0.717) is 24.7 Å². The lowest BCUT2D eigenvalue weighted by atomic mass is 10.2. The van der Waals surface area contributed by atoms with E-state index in [9.17, 15) is 0 Å². The second-order valence-electron chi connectivity index (χ2n) is 3.66. The van der Waals surface area contributed by atoms with Crippen LogP contribution in [0.4, 0.5) is 0 Å². The molecule has 4 nitrogen and oxygen atoms in total. The molecule has 0 aliphatic heterocycles. The van der Waals surface area contributed by atoms with Crippen molar-refractivity contribution in [1.29, 1.82) is 0 Å². The molecule has 92 valence electrons. The molecule has 0 bridgehead atoms. The zero-order valence-corrected chi connectivity index (χ0v) is 10.3. The molecule has 1 aromatic rings. The first-order valence-corrected chi connectivity index (χ1v) is 5.44. The van der Waals surface area contributed by atoms with E-state index in [2.05, 4.69) is 11.7 Å². The molecule has 1 rings (SSSR count). The minimum Gasteiger partial charge on any atom is -0.490 e. The predicted octanol–water partition coefficient (Wildman–Crippen LogP) is 2.33. The fraction of sp³-hybridized carbons (Fsp3) is 0.308. The molecule has 0 heterocycles. The van der Waals surface area contributed by atoms with Crippen LogP contribution in [0, 0.1) is 0 Å². The second-order valence-corrected chi connectivity index (χ2v) is 3.66. The van der Waals surface area contributed by atoms with Gasteiger partial charge in [0.2, 0.25) is 0 Å². The Hall–Kier alpha value is -1.97. The summed E-state index contributed by atoms with van der Waals surface area (Å²) in [5.74, 6) is 6.49. The smallest absolute Gasteiger partial charge is 0.161 e.